The number of hydrogen-bond acceptors (Lipinski definition) is 2. The summed E-state index contributed by atoms with van der Waals surface area (Å²) in [5, 5.41) is 8.83. The predicted molar refractivity (Wildman–Crippen MR) is 52.6 cm³/mol. The van der Waals surface area contributed by atoms with Crippen LogP contribution >= 0.6 is 0 Å². The van der Waals surface area contributed by atoms with Crippen LogP contribution in [0.25, 0.3) is 0 Å². The Hall–Kier alpha value is -1.15. The van der Waals surface area contributed by atoms with E-state index in [2.05, 4.69) is 12.3 Å². The van der Waals surface area contributed by atoms with Gasteiger partial charge < -0.3 is 5.11 Å². The summed E-state index contributed by atoms with van der Waals surface area (Å²) in [6.45, 7) is 3.09. The van der Waals surface area contributed by atoms with Crippen LogP contribution < -0.4 is 0 Å². The SMILES string of the molecule is C=C=C(CO)S(=O)c1ccccc1. The fourth-order valence-corrected chi connectivity index (χ4v) is 1.80. The molecular weight excluding hydrogens is 184 g/mol. The Kier molecular flexibility index (Phi) is 3.65. The Balaban J connectivity index is 2.99. The smallest absolute Gasteiger partial charge is 0.0910 e. The molecule has 1 aromatic carbocycles. The van der Waals surface area contributed by atoms with Crippen molar-refractivity contribution in [2.75, 3.05) is 6.61 Å². The van der Waals surface area contributed by atoms with E-state index in [0.29, 0.717) is 9.80 Å². The van der Waals surface area contributed by atoms with Gasteiger partial charge in [-0.2, -0.15) is 0 Å². The number of hydrogen-bond donors (Lipinski definition) is 1. The molecule has 0 spiro atoms. The molecule has 1 atom stereocenters. The molecule has 0 aliphatic carbocycles. The van der Waals surface area contributed by atoms with Gasteiger partial charge in [-0.3, -0.25) is 0 Å². The highest BCUT2D eigenvalue weighted by molar-refractivity contribution is 7.89. The summed E-state index contributed by atoms with van der Waals surface area (Å²) in [5.41, 5.74) is 2.47. The lowest BCUT2D eigenvalue weighted by molar-refractivity contribution is 0.339. The van der Waals surface area contributed by atoms with Gasteiger partial charge in [0, 0.05) is 4.90 Å². The maximum Gasteiger partial charge on any atom is 0.0910 e. The van der Waals surface area contributed by atoms with Crippen LogP contribution in [0.15, 0.2) is 52.4 Å². The van der Waals surface area contributed by atoms with Gasteiger partial charge in [-0.15, -0.1) is 5.73 Å². The number of aliphatic hydroxyl groups excluding tert-OH is 1. The summed E-state index contributed by atoms with van der Waals surface area (Å²) < 4.78 is 11.6. The van der Waals surface area contributed by atoms with Crippen molar-refractivity contribution in [1.82, 2.24) is 0 Å². The zero-order valence-electron chi connectivity index (χ0n) is 7.06. The Morgan fingerprint density at radius 1 is 1.46 bits per heavy atom. The Bertz CT molecular complexity index is 350. The molecule has 1 unspecified atom stereocenters. The van der Waals surface area contributed by atoms with Crippen LogP contribution in [0.1, 0.15) is 0 Å². The van der Waals surface area contributed by atoms with Gasteiger partial charge in [0.05, 0.1) is 22.3 Å². The second kappa shape index (κ2) is 4.77. The summed E-state index contributed by atoms with van der Waals surface area (Å²) in [4.78, 5) is 0.967. The van der Waals surface area contributed by atoms with Crippen LogP contribution in [-0.2, 0) is 10.8 Å². The van der Waals surface area contributed by atoms with Crippen molar-refractivity contribution >= 4 is 10.8 Å². The Labute approximate surface area is 79.7 Å². The molecule has 0 aromatic heterocycles. The number of rotatable bonds is 3. The third-order valence-electron chi connectivity index (χ3n) is 1.52. The van der Waals surface area contributed by atoms with Gasteiger partial charge in [-0.05, 0) is 12.1 Å². The first kappa shape index (κ1) is 9.93. The van der Waals surface area contributed by atoms with Gasteiger partial charge in [0.15, 0.2) is 0 Å². The maximum atomic E-state index is 11.6. The lowest BCUT2D eigenvalue weighted by Crippen LogP contribution is -1.98. The highest BCUT2D eigenvalue weighted by Gasteiger charge is 2.07. The summed E-state index contributed by atoms with van der Waals surface area (Å²) in [7, 11) is -1.33. The molecular formula is C10H10O2S. The molecule has 1 rings (SSSR count). The second-order valence-corrected chi connectivity index (χ2v) is 3.84. The molecule has 1 N–H and O–H groups in total. The zero-order valence-corrected chi connectivity index (χ0v) is 7.88. The molecule has 1 aromatic rings. The van der Waals surface area contributed by atoms with Gasteiger partial charge in [0.1, 0.15) is 0 Å². The first-order valence-electron chi connectivity index (χ1n) is 3.76. The highest BCUT2D eigenvalue weighted by Crippen LogP contribution is 2.11. The summed E-state index contributed by atoms with van der Waals surface area (Å²) in [6, 6.07) is 8.92. The molecule has 2 nitrogen and oxygen atoms in total. The van der Waals surface area contributed by atoms with E-state index in [4.69, 9.17) is 5.11 Å². The molecule has 68 valence electrons. The topological polar surface area (TPSA) is 37.3 Å². The lowest BCUT2D eigenvalue weighted by atomic mass is 10.4. The molecule has 0 radical (unpaired) electrons. The molecule has 13 heavy (non-hydrogen) atoms. The molecule has 0 saturated carbocycles. The van der Waals surface area contributed by atoms with Crippen molar-refractivity contribution in [3.8, 4) is 0 Å². The van der Waals surface area contributed by atoms with Crippen molar-refractivity contribution in [1.29, 1.82) is 0 Å². The van der Waals surface area contributed by atoms with Crippen LogP contribution in [0.2, 0.25) is 0 Å². The fourth-order valence-electron chi connectivity index (χ4n) is 0.866. The van der Waals surface area contributed by atoms with E-state index >= 15 is 0 Å². The summed E-state index contributed by atoms with van der Waals surface area (Å²) in [5.74, 6) is 0. The fraction of sp³-hybridized carbons (Fsp3) is 0.100. The number of aliphatic hydroxyl groups is 1. The van der Waals surface area contributed by atoms with Crippen molar-refractivity contribution in [3.63, 3.8) is 0 Å². The molecule has 0 bridgehead atoms. The molecule has 0 saturated heterocycles. The molecule has 0 fully saturated rings. The van der Waals surface area contributed by atoms with Crippen LogP contribution in [0.3, 0.4) is 0 Å². The highest BCUT2D eigenvalue weighted by atomic mass is 32.2. The van der Waals surface area contributed by atoms with Crippen LogP contribution in [0.5, 0.6) is 0 Å². The minimum absolute atomic E-state index is 0.273. The van der Waals surface area contributed by atoms with Gasteiger partial charge in [0.25, 0.3) is 0 Å². The summed E-state index contributed by atoms with van der Waals surface area (Å²) >= 11 is 0. The predicted octanol–water partition coefficient (Wildman–Crippen LogP) is 1.46. The van der Waals surface area contributed by atoms with Gasteiger partial charge >= 0.3 is 0 Å². The largest absolute Gasteiger partial charge is 0.390 e. The van der Waals surface area contributed by atoms with Crippen LogP contribution in [-0.4, -0.2) is 15.9 Å². The van der Waals surface area contributed by atoms with E-state index in [1.165, 1.54) is 0 Å². The van der Waals surface area contributed by atoms with Gasteiger partial charge in [-0.25, -0.2) is 4.21 Å². The quantitative estimate of drug-likeness (QED) is 0.739. The first-order valence-corrected chi connectivity index (χ1v) is 4.91. The standard InChI is InChI=1S/C10H10O2S/c1-2-9(8-11)13(12)10-6-4-3-5-7-10/h3-7,11H,1,8H2. The Morgan fingerprint density at radius 2 is 2.08 bits per heavy atom. The average molecular weight is 194 g/mol. The molecule has 3 heteroatoms. The molecule has 0 amide bonds. The molecule has 0 aliphatic heterocycles. The van der Waals surface area contributed by atoms with E-state index in [-0.39, 0.29) is 6.61 Å². The van der Waals surface area contributed by atoms with E-state index < -0.39 is 10.8 Å². The van der Waals surface area contributed by atoms with Gasteiger partial charge in [-0.1, -0.05) is 24.8 Å². The van der Waals surface area contributed by atoms with Crippen LogP contribution in [0.4, 0.5) is 0 Å². The Morgan fingerprint density at radius 3 is 2.54 bits per heavy atom. The van der Waals surface area contributed by atoms with Crippen LogP contribution in [0, 0.1) is 0 Å². The van der Waals surface area contributed by atoms with Crippen molar-refractivity contribution in [2.24, 2.45) is 0 Å². The third kappa shape index (κ3) is 2.39. The zero-order chi connectivity index (χ0) is 9.68. The molecule has 0 aliphatic rings. The van der Waals surface area contributed by atoms with Crippen molar-refractivity contribution in [3.05, 3.63) is 47.5 Å². The van der Waals surface area contributed by atoms with E-state index in [9.17, 15) is 4.21 Å². The van der Waals surface area contributed by atoms with E-state index in [0.717, 1.165) is 0 Å². The van der Waals surface area contributed by atoms with Gasteiger partial charge in [0.2, 0.25) is 0 Å². The minimum atomic E-state index is -1.33. The third-order valence-corrected chi connectivity index (χ3v) is 2.94. The van der Waals surface area contributed by atoms with Crippen molar-refractivity contribution in [2.45, 2.75) is 4.90 Å². The first-order chi connectivity index (χ1) is 6.29. The second-order valence-electron chi connectivity index (χ2n) is 2.34. The van der Waals surface area contributed by atoms with Crippen molar-refractivity contribution < 1.29 is 9.32 Å². The number of benzene rings is 1. The monoisotopic (exact) mass is 194 g/mol. The lowest BCUT2D eigenvalue weighted by Gasteiger charge is -2.00. The normalized spacial score (nSPS) is 11.8. The van der Waals surface area contributed by atoms with E-state index in [1.54, 1.807) is 24.3 Å². The minimum Gasteiger partial charge on any atom is -0.390 e. The summed E-state index contributed by atoms with van der Waals surface area (Å²) in [6.07, 6.45) is 0. The molecule has 0 heterocycles. The van der Waals surface area contributed by atoms with E-state index in [1.807, 2.05) is 6.07 Å². The average Bonchev–Trinajstić information content (AvgIpc) is 2.21. The maximum absolute atomic E-state index is 11.6.